The van der Waals surface area contributed by atoms with Crippen LogP contribution in [0, 0.1) is 41.9 Å². The third-order valence-electron chi connectivity index (χ3n) is 15.6. The van der Waals surface area contributed by atoms with Crippen LogP contribution in [0.25, 0.3) is 0 Å². The van der Waals surface area contributed by atoms with Gasteiger partial charge in [0.05, 0.1) is 30.8 Å². The van der Waals surface area contributed by atoms with Gasteiger partial charge < -0.3 is 63.4 Å². The van der Waals surface area contributed by atoms with Crippen LogP contribution in [0.3, 0.4) is 0 Å². The molecule has 68 heavy (non-hydrogen) atoms. The summed E-state index contributed by atoms with van der Waals surface area (Å²) in [4.78, 5) is 54.0. The number of rotatable bonds is 8. The summed E-state index contributed by atoms with van der Waals surface area (Å²) < 4.78 is 47.9. The van der Waals surface area contributed by atoms with Crippen LogP contribution in [0.4, 0.5) is 0 Å². The molecule has 372 valence electrons. The number of hydrogen-bond acceptors (Lipinski definition) is 16. The number of esters is 3. The first-order valence-electron chi connectivity index (χ1n) is 23.7. The number of allylic oxidation sites excluding steroid dienone is 2. The van der Waals surface area contributed by atoms with Crippen molar-refractivity contribution in [2.24, 2.45) is 35.0 Å². The van der Waals surface area contributed by atoms with Gasteiger partial charge in [-0.3, -0.25) is 4.79 Å². The van der Waals surface area contributed by atoms with Crippen molar-refractivity contribution < 1.29 is 82.6 Å². The molecule has 5 N–H and O–H groups in total. The molecule has 7 aliphatic rings. The maximum atomic E-state index is 14.8. The lowest BCUT2D eigenvalue weighted by atomic mass is 9.55. The zero-order chi connectivity index (χ0) is 49.0. The molecule has 1 spiro atoms. The highest BCUT2D eigenvalue weighted by Gasteiger charge is 2.60. The summed E-state index contributed by atoms with van der Waals surface area (Å²) in [6.07, 6.45) is 2.29. The van der Waals surface area contributed by atoms with Crippen LogP contribution in [0.1, 0.15) is 101 Å². The van der Waals surface area contributed by atoms with Gasteiger partial charge in [0.1, 0.15) is 41.8 Å². The molecule has 17 atom stereocenters. The number of benzene rings is 1. The molecule has 3 fully saturated rings. The van der Waals surface area contributed by atoms with Crippen molar-refractivity contribution >= 4 is 35.5 Å². The lowest BCUT2D eigenvalue weighted by molar-refractivity contribution is -0.343. The largest absolute Gasteiger partial charge is 0.505 e. The standard InChI is InChI=1S/C50H63ClO17/c1-23-22-50-28(20-30(23)44(56)57)13-10-8-7-9-12-27-16-17-29-31(49(27,5)48(60)67-42(43(50)55)46(59)68-50)14-11-15-33(29)65-47-40(54)39(53)41(26(4)63-47)66-36-21-35(38(52)25(3)62-36)64-45(58)37-24(2)32(51)18-19-34(37)61-6/h10,13,16-20,23,25-29,31,33,35-36,38-41,47,52-55H,7-9,11-12,14-15,21-22H2,1-6H3,(H,56,57)/b13-10+/t23-,25?,26?,27-,28-,29+,31-,33+,35?,36?,38?,39?,40?,41?,47?,49-,50+/m1/s1. The smallest absolute Gasteiger partial charge is 0.379 e. The molecule has 2 saturated heterocycles. The zero-order valence-electron chi connectivity index (χ0n) is 39.1. The van der Waals surface area contributed by atoms with Gasteiger partial charge in [0, 0.05) is 35.3 Å². The Labute approximate surface area is 400 Å². The normalized spacial score (nSPS) is 41.1. The summed E-state index contributed by atoms with van der Waals surface area (Å²) in [7, 11) is 1.41. The number of carboxylic acid groups (broad SMARTS) is 1. The van der Waals surface area contributed by atoms with Gasteiger partial charge in [-0.1, -0.05) is 61.7 Å². The number of aliphatic hydroxyl groups excluding tert-OH is 4. The molecule has 3 aliphatic carbocycles. The minimum atomic E-state index is -1.65. The number of halogens is 1. The molecule has 4 heterocycles. The number of carboxylic acids is 1. The van der Waals surface area contributed by atoms with Gasteiger partial charge in [-0.05, 0) is 95.2 Å². The quantitative estimate of drug-likeness (QED) is 0.115. The molecule has 1 saturated carbocycles. The van der Waals surface area contributed by atoms with Crippen LogP contribution >= 0.6 is 11.6 Å². The van der Waals surface area contributed by atoms with Gasteiger partial charge in [-0.15, -0.1) is 0 Å². The Bertz CT molecular complexity index is 2260. The first-order chi connectivity index (χ1) is 32.3. The van der Waals surface area contributed by atoms with Crippen molar-refractivity contribution in [1.29, 1.82) is 0 Å². The van der Waals surface area contributed by atoms with E-state index < -0.39 is 120 Å². The summed E-state index contributed by atoms with van der Waals surface area (Å²) in [6.45, 7) is 8.39. The highest BCUT2D eigenvalue weighted by atomic mass is 35.5. The second-order valence-corrected chi connectivity index (χ2v) is 20.1. The number of ether oxygens (including phenoxy) is 8. The van der Waals surface area contributed by atoms with Crippen molar-refractivity contribution in [1.82, 2.24) is 0 Å². The van der Waals surface area contributed by atoms with E-state index >= 15 is 0 Å². The van der Waals surface area contributed by atoms with Crippen molar-refractivity contribution in [2.75, 3.05) is 7.11 Å². The first-order valence-corrected chi connectivity index (χ1v) is 24.1. The fraction of sp³-hybridized carbons (Fsp3) is 0.640. The van der Waals surface area contributed by atoms with Crippen LogP contribution < -0.4 is 4.74 Å². The number of hydrogen-bond donors (Lipinski definition) is 5. The van der Waals surface area contributed by atoms with Crippen LogP contribution in [0.15, 0.2) is 59.6 Å². The predicted octanol–water partition coefficient (Wildman–Crippen LogP) is 5.93. The average Bonchev–Trinajstić information content (AvgIpc) is 3.52. The second-order valence-electron chi connectivity index (χ2n) is 19.7. The SMILES string of the molecule is COc1ccc(Cl)c(C)c1C(=O)OC1CC(OC2C(C)OC(O[C@H]3CCC[C@@H]4[C@@H]3C=C[C@H]3CCCC/C=C/[C@@H]5C=C(C(=O)O)[C@H](C)C[C@]56OC(=O)C(=C6O)OC(=O)[C@@]43C)C(O)C2O)OC(C)C1O. The fourth-order valence-corrected chi connectivity index (χ4v) is 11.8. The van der Waals surface area contributed by atoms with Crippen molar-refractivity contribution in [3.05, 3.63) is 75.8 Å². The third-order valence-corrected chi connectivity index (χ3v) is 16.0. The van der Waals surface area contributed by atoms with E-state index in [-0.39, 0.29) is 47.5 Å². The molecule has 9 unspecified atom stereocenters. The van der Waals surface area contributed by atoms with E-state index in [4.69, 9.17) is 49.5 Å². The molecule has 8 rings (SSSR count). The van der Waals surface area contributed by atoms with Gasteiger partial charge in [-0.2, -0.15) is 0 Å². The predicted molar refractivity (Wildman–Crippen MR) is 240 cm³/mol. The van der Waals surface area contributed by atoms with Crippen molar-refractivity contribution in [3.63, 3.8) is 0 Å². The fourth-order valence-electron chi connectivity index (χ4n) is 11.6. The lowest BCUT2D eigenvalue weighted by Gasteiger charge is -2.51. The van der Waals surface area contributed by atoms with E-state index in [1.165, 1.54) is 13.2 Å². The van der Waals surface area contributed by atoms with E-state index in [9.17, 15) is 44.7 Å². The van der Waals surface area contributed by atoms with Crippen LogP contribution in [-0.2, 0) is 47.5 Å². The summed E-state index contributed by atoms with van der Waals surface area (Å²) in [5.41, 5.74) is -2.17. The van der Waals surface area contributed by atoms with Gasteiger partial charge in [0.25, 0.3) is 5.76 Å². The molecule has 2 bridgehead atoms. The Morgan fingerprint density at radius 1 is 0.897 bits per heavy atom. The number of aliphatic carboxylic acids is 1. The molecule has 1 aromatic rings. The summed E-state index contributed by atoms with van der Waals surface area (Å²) in [6, 6.07) is 3.14. The Balaban J connectivity index is 0.968. The van der Waals surface area contributed by atoms with Gasteiger partial charge in [-0.25, -0.2) is 14.4 Å². The maximum Gasteiger partial charge on any atom is 0.379 e. The maximum absolute atomic E-state index is 14.8. The minimum absolute atomic E-state index is 0.0304. The summed E-state index contributed by atoms with van der Waals surface area (Å²) in [5.74, 6) is -6.97. The monoisotopic (exact) mass is 970 g/mol. The first kappa shape index (κ1) is 50.1. The number of carbonyl (C=O) groups is 4. The second kappa shape index (κ2) is 19.8. The highest BCUT2D eigenvalue weighted by Crippen LogP contribution is 2.55. The Kier molecular flexibility index (Phi) is 14.6. The number of fused-ring (bicyclic) bond motifs is 3. The van der Waals surface area contributed by atoms with E-state index in [0.717, 1.165) is 12.8 Å². The van der Waals surface area contributed by atoms with Gasteiger partial charge in [0.15, 0.2) is 23.9 Å². The molecule has 18 heteroatoms. The molecular weight excluding hydrogens is 908 g/mol. The van der Waals surface area contributed by atoms with Crippen molar-refractivity contribution in [3.8, 4) is 5.75 Å². The zero-order valence-corrected chi connectivity index (χ0v) is 39.8. The highest BCUT2D eigenvalue weighted by molar-refractivity contribution is 6.32. The Hall–Kier alpha value is -4.33. The number of carbonyl (C=O) groups excluding carboxylic acids is 3. The molecule has 4 aliphatic heterocycles. The Morgan fingerprint density at radius 2 is 1.66 bits per heavy atom. The van der Waals surface area contributed by atoms with E-state index in [0.29, 0.717) is 42.7 Å². The molecule has 0 radical (unpaired) electrons. The number of aliphatic hydroxyl groups is 4. The lowest BCUT2D eigenvalue weighted by Crippen LogP contribution is -2.61. The Morgan fingerprint density at radius 3 is 2.40 bits per heavy atom. The average molecular weight is 971 g/mol. The van der Waals surface area contributed by atoms with E-state index in [2.05, 4.69) is 0 Å². The third kappa shape index (κ3) is 9.02. The molecule has 0 aromatic heterocycles. The van der Waals surface area contributed by atoms with Gasteiger partial charge >= 0.3 is 23.9 Å². The molecule has 1 aromatic carbocycles. The molecule has 17 nitrogen and oxygen atoms in total. The van der Waals surface area contributed by atoms with Gasteiger partial charge in [0.2, 0.25) is 0 Å². The van der Waals surface area contributed by atoms with Crippen molar-refractivity contribution in [2.45, 2.75) is 159 Å². The molecule has 0 amide bonds. The van der Waals surface area contributed by atoms with E-state index in [1.807, 2.05) is 25.2 Å². The van der Waals surface area contributed by atoms with E-state index in [1.54, 1.807) is 45.9 Å². The summed E-state index contributed by atoms with van der Waals surface area (Å²) in [5, 5.41) is 56.2. The molecular formula is C50H63ClO17. The topological polar surface area (TPSA) is 243 Å². The van der Waals surface area contributed by atoms with Crippen LogP contribution in [-0.4, -0.2) is 124 Å². The van der Waals surface area contributed by atoms with Crippen LogP contribution in [0.2, 0.25) is 5.02 Å². The summed E-state index contributed by atoms with van der Waals surface area (Å²) >= 11 is 6.29. The number of methoxy groups -OCH3 is 1. The minimum Gasteiger partial charge on any atom is -0.505 e. The van der Waals surface area contributed by atoms with Crippen LogP contribution in [0.5, 0.6) is 5.75 Å².